The lowest BCUT2D eigenvalue weighted by molar-refractivity contribution is 0.0713. The number of piperidine rings is 1. The molecule has 0 spiro atoms. The van der Waals surface area contributed by atoms with Crippen molar-refractivity contribution in [2.45, 2.75) is 37.1 Å². The van der Waals surface area contributed by atoms with Crippen molar-refractivity contribution in [2.75, 3.05) is 24.7 Å². The summed E-state index contributed by atoms with van der Waals surface area (Å²) in [6.45, 7) is 3.27. The summed E-state index contributed by atoms with van der Waals surface area (Å²) >= 11 is 0. The zero-order chi connectivity index (χ0) is 27.3. The van der Waals surface area contributed by atoms with Gasteiger partial charge in [0.05, 0.1) is 16.5 Å². The van der Waals surface area contributed by atoms with Crippen molar-refractivity contribution >= 4 is 27.5 Å². The number of nitrogens with one attached hydrogen (secondary N) is 2. The van der Waals surface area contributed by atoms with Crippen molar-refractivity contribution in [2.24, 2.45) is 0 Å². The van der Waals surface area contributed by atoms with Gasteiger partial charge < -0.3 is 15.5 Å². The van der Waals surface area contributed by atoms with Crippen LogP contribution in [0.15, 0.2) is 71.6 Å². The number of nitriles is 1. The van der Waals surface area contributed by atoms with E-state index in [9.17, 15) is 18.0 Å². The number of amides is 3. The number of hydrogen-bond acceptors (Lipinski definition) is 5. The highest BCUT2D eigenvalue weighted by Crippen LogP contribution is 2.29. The van der Waals surface area contributed by atoms with Crippen molar-refractivity contribution in [3.05, 3.63) is 94.5 Å². The van der Waals surface area contributed by atoms with Crippen LogP contribution in [0.5, 0.6) is 0 Å². The molecule has 3 aromatic rings. The third kappa shape index (κ3) is 6.58. The lowest BCUT2D eigenvalue weighted by Crippen LogP contribution is -2.38. The molecule has 0 aromatic heterocycles. The van der Waals surface area contributed by atoms with Crippen LogP contribution in [0.2, 0.25) is 0 Å². The quantitative estimate of drug-likeness (QED) is 0.482. The first-order valence-corrected chi connectivity index (χ1v) is 14.3. The van der Waals surface area contributed by atoms with Crippen molar-refractivity contribution < 1.29 is 18.0 Å². The molecule has 0 radical (unpaired) electrons. The van der Waals surface area contributed by atoms with Crippen LogP contribution in [0.1, 0.15) is 51.4 Å². The van der Waals surface area contributed by atoms with Crippen LogP contribution >= 0.6 is 0 Å². The molecule has 1 heterocycles. The second kappa shape index (κ2) is 11.5. The zero-order valence-corrected chi connectivity index (χ0v) is 22.2. The molecule has 8 nitrogen and oxygen atoms in total. The van der Waals surface area contributed by atoms with E-state index >= 15 is 0 Å². The summed E-state index contributed by atoms with van der Waals surface area (Å²) in [5, 5.41) is 14.5. The van der Waals surface area contributed by atoms with E-state index in [1.807, 2.05) is 42.2 Å². The summed E-state index contributed by atoms with van der Waals surface area (Å²) in [6.07, 6.45) is 2.83. The summed E-state index contributed by atoms with van der Waals surface area (Å²) in [5.74, 6) is 0.271. The van der Waals surface area contributed by atoms with Crippen LogP contribution in [0.3, 0.4) is 0 Å². The Morgan fingerprint density at radius 2 is 1.74 bits per heavy atom. The Kier molecular flexibility index (Phi) is 8.13. The van der Waals surface area contributed by atoms with Gasteiger partial charge in [-0.25, -0.2) is 13.2 Å². The number of sulfone groups is 1. The van der Waals surface area contributed by atoms with Gasteiger partial charge >= 0.3 is 6.03 Å². The highest BCUT2D eigenvalue weighted by atomic mass is 32.2. The van der Waals surface area contributed by atoms with E-state index in [0.717, 1.165) is 24.7 Å². The maximum Gasteiger partial charge on any atom is 0.319 e. The van der Waals surface area contributed by atoms with Gasteiger partial charge in [0.15, 0.2) is 9.84 Å². The number of urea groups is 1. The Hall–Kier alpha value is -4.16. The first-order chi connectivity index (χ1) is 18.1. The molecule has 1 aliphatic heterocycles. The fraction of sp³-hybridized carbons (Fsp3) is 0.276. The van der Waals surface area contributed by atoms with E-state index in [1.54, 1.807) is 24.3 Å². The van der Waals surface area contributed by atoms with Crippen LogP contribution in [0.25, 0.3) is 0 Å². The normalized spacial score (nSPS) is 14.0. The number of anilines is 1. The van der Waals surface area contributed by atoms with Gasteiger partial charge in [-0.1, -0.05) is 30.3 Å². The smallest absolute Gasteiger partial charge is 0.319 e. The Morgan fingerprint density at radius 3 is 2.39 bits per heavy atom. The Labute approximate surface area is 223 Å². The molecule has 4 rings (SSSR count). The third-order valence-electron chi connectivity index (χ3n) is 6.81. The number of hydrogen-bond donors (Lipinski definition) is 2. The first kappa shape index (κ1) is 26.9. The van der Waals surface area contributed by atoms with Crippen LogP contribution in [-0.2, 0) is 16.4 Å². The van der Waals surface area contributed by atoms with E-state index in [2.05, 4.69) is 16.7 Å². The van der Waals surface area contributed by atoms with E-state index in [0.29, 0.717) is 41.4 Å². The van der Waals surface area contributed by atoms with Gasteiger partial charge in [-0.05, 0) is 78.8 Å². The number of benzene rings is 3. The number of rotatable bonds is 6. The van der Waals surface area contributed by atoms with Crippen LogP contribution < -0.4 is 10.6 Å². The van der Waals surface area contributed by atoms with Gasteiger partial charge in [-0.2, -0.15) is 5.26 Å². The van der Waals surface area contributed by atoms with E-state index in [-0.39, 0.29) is 17.3 Å². The van der Waals surface area contributed by atoms with Crippen molar-refractivity contribution in [3.8, 4) is 6.07 Å². The maximum atomic E-state index is 13.2. The molecule has 9 heteroatoms. The summed E-state index contributed by atoms with van der Waals surface area (Å²) in [6, 6.07) is 21.0. The molecule has 196 valence electrons. The Balaban J connectivity index is 1.35. The SMILES string of the molecule is Cc1ccc(C(=O)N2CCC(c3ccc(C#N)cc3)CC2)cc1NC(=O)NCc1cccc(S(C)(=O)=O)c1. The Bertz CT molecular complexity index is 1490. The molecule has 0 saturated carbocycles. The highest BCUT2D eigenvalue weighted by Gasteiger charge is 2.25. The molecule has 2 N–H and O–H groups in total. The molecule has 1 fully saturated rings. The van der Waals surface area contributed by atoms with Crippen molar-refractivity contribution in [3.63, 3.8) is 0 Å². The molecule has 3 aromatic carbocycles. The van der Waals surface area contributed by atoms with Gasteiger partial charge in [0.1, 0.15) is 0 Å². The maximum absolute atomic E-state index is 13.2. The van der Waals surface area contributed by atoms with Crippen LogP contribution in [-0.4, -0.2) is 44.6 Å². The minimum Gasteiger partial charge on any atom is -0.339 e. The van der Waals surface area contributed by atoms with E-state index < -0.39 is 15.9 Å². The molecule has 0 aliphatic carbocycles. The largest absolute Gasteiger partial charge is 0.339 e. The van der Waals surface area contributed by atoms with Gasteiger partial charge in [-0.15, -0.1) is 0 Å². The van der Waals surface area contributed by atoms with Crippen LogP contribution in [0.4, 0.5) is 10.5 Å². The zero-order valence-electron chi connectivity index (χ0n) is 21.4. The molecule has 1 aliphatic rings. The number of carbonyl (C=O) groups is 2. The number of carbonyl (C=O) groups excluding carboxylic acids is 2. The van der Waals surface area contributed by atoms with Gasteiger partial charge in [-0.3, -0.25) is 4.79 Å². The monoisotopic (exact) mass is 530 g/mol. The second-order valence-corrected chi connectivity index (χ2v) is 11.6. The first-order valence-electron chi connectivity index (χ1n) is 12.4. The van der Waals surface area contributed by atoms with Crippen molar-refractivity contribution in [1.29, 1.82) is 5.26 Å². The lowest BCUT2D eigenvalue weighted by Gasteiger charge is -2.32. The summed E-state index contributed by atoms with van der Waals surface area (Å²) in [7, 11) is -3.34. The van der Waals surface area contributed by atoms with Crippen LogP contribution in [0, 0.1) is 18.3 Å². The minimum absolute atomic E-state index is 0.0793. The average Bonchev–Trinajstić information content (AvgIpc) is 2.92. The van der Waals surface area contributed by atoms with Crippen molar-refractivity contribution in [1.82, 2.24) is 10.2 Å². The molecule has 0 atom stereocenters. The standard InChI is InChI=1S/C29H30N4O4S/c1-20-6-9-25(28(34)33-14-12-24(13-15-33)23-10-7-21(18-30)8-11-23)17-27(20)32-29(35)31-19-22-4-3-5-26(16-22)38(2,36)37/h3-11,16-17,24H,12-15,19H2,1-2H3,(H2,31,32,35). The number of nitrogens with zero attached hydrogens (tertiary/aromatic N) is 2. The summed E-state index contributed by atoms with van der Waals surface area (Å²) < 4.78 is 23.5. The summed E-state index contributed by atoms with van der Waals surface area (Å²) in [5.41, 5.74) is 4.34. The fourth-order valence-corrected chi connectivity index (χ4v) is 5.24. The second-order valence-electron chi connectivity index (χ2n) is 9.56. The molecule has 3 amide bonds. The van der Waals surface area contributed by atoms with Gasteiger partial charge in [0.2, 0.25) is 0 Å². The predicted octanol–water partition coefficient (Wildman–Crippen LogP) is 4.61. The molecular formula is C29H30N4O4S. The lowest BCUT2D eigenvalue weighted by atomic mass is 9.89. The number of likely N-dealkylation sites (tertiary alicyclic amines) is 1. The predicted molar refractivity (Wildman–Crippen MR) is 146 cm³/mol. The van der Waals surface area contributed by atoms with Gasteiger partial charge in [0, 0.05) is 37.1 Å². The Morgan fingerprint density at radius 1 is 1.03 bits per heavy atom. The topological polar surface area (TPSA) is 119 Å². The molecular weight excluding hydrogens is 500 g/mol. The molecule has 0 unspecified atom stereocenters. The third-order valence-corrected chi connectivity index (χ3v) is 7.92. The minimum atomic E-state index is -3.34. The fourth-order valence-electron chi connectivity index (χ4n) is 4.55. The molecule has 38 heavy (non-hydrogen) atoms. The van der Waals surface area contributed by atoms with Gasteiger partial charge in [0.25, 0.3) is 5.91 Å². The summed E-state index contributed by atoms with van der Waals surface area (Å²) in [4.78, 5) is 27.8. The molecule has 0 bridgehead atoms. The highest BCUT2D eigenvalue weighted by molar-refractivity contribution is 7.90. The van der Waals surface area contributed by atoms with E-state index in [4.69, 9.17) is 5.26 Å². The molecule has 1 saturated heterocycles. The average molecular weight is 531 g/mol. The number of aryl methyl sites for hydroxylation is 1. The van der Waals surface area contributed by atoms with E-state index in [1.165, 1.54) is 17.7 Å².